The molecule has 3 rings (SSSR count). The normalized spacial score (nSPS) is 27.0. The number of hydrogen-bond acceptors (Lipinski definition) is 4. The number of amides is 1. The van der Waals surface area contributed by atoms with Gasteiger partial charge in [0.2, 0.25) is 0 Å². The van der Waals surface area contributed by atoms with Crippen molar-refractivity contribution in [2.24, 2.45) is 11.8 Å². The van der Waals surface area contributed by atoms with Gasteiger partial charge in [-0.15, -0.1) is 0 Å². The first-order valence-electron chi connectivity index (χ1n) is 8.16. The first-order valence-corrected chi connectivity index (χ1v) is 8.54. The second-order valence-corrected chi connectivity index (χ2v) is 7.97. The first-order chi connectivity index (χ1) is 10.8. The fourth-order valence-corrected chi connectivity index (χ4v) is 3.70. The van der Waals surface area contributed by atoms with E-state index < -0.39 is 5.60 Å². The second-order valence-electron chi connectivity index (χ2n) is 7.59. The molecule has 0 spiro atoms. The summed E-state index contributed by atoms with van der Waals surface area (Å²) >= 11 is 5.81. The van der Waals surface area contributed by atoms with Gasteiger partial charge in [-0.3, -0.25) is 0 Å². The number of aromatic nitrogens is 1. The van der Waals surface area contributed by atoms with Gasteiger partial charge in [0.15, 0.2) is 0 Å². The average molecular weight is 338 g/mol. The Hall–Kier alpha value is -1.49. The van der Waals surface area contributed by atoms with Crippen molar-refractivity contribution in [2.75, 3.05) is 18.4 Å². The minimum absolute atomic E-state index is 0.182. The fourth-order valence-electron chi connectivity index (χ4n) is 3.59. The van der Waals surface area contributed by atoms with Crippen molar-refractivity contribution in [3.63, 3.8) is 0 Å². The molecule has 1 aromatic heterocycles. The number of carbonyl (C=O) groups is 1. The molecular weight excluding hydrogens is 314 g/mol. The molecule has 1 saturated heterocycles. The lowest BCUT2D eigenvalue weighted by molar-refractivity contribution is 0.0280. The number of likely N-dealkylation sites (tertiary alicyclic amines) is 1. The van der Waals surface area contributed by atoms with Crippen LogP contribution in [-0.4, -0.2) is 40.7 Å². The van der Waals surface area contributed by atoms with E-state index in [9.17, 15) is 4.79 Å². The molecule has 1 aliphatic carbocycles. The lowest BCUT2D eigenvalue weighted by atomic mass is 10.0. The van der Waals surface area contributed by atoms with E-state index in [-0.39, 0.29) is 6.09 Å². The number of fused-ring (bicyclic) bond motifs is 1. The third-order valence-electron chi connectivity index (χ3n) is 4.50. The van der Waals surface area contributed by atoms with E-state index >= 15 is 0 Å². The van der Waals surface area contributed by atoms with Crippen molar-refractivity contribution in [3.05, 3.63) is 23.5 Å². The van der Waals surface area contributed by atoms with Crippen LogP contribution in [0.25, 0.3) is 0 Å². The lowest BCUT2D eigenvalue weighted by Gasteiger charge is -2.25. The maximum Gasteiger partial charge on any atom is 0.410 e. The molecule has 0 radical (unpaired) electrons. The molecule has 5 nitrogen and oxygen atoms in total. The number of ether oxygens (including phenoxy) is 1. The minimum atomic E-state index is -0.430. The first kappa shape index (κ1) is 16.4. The minimum Gasteiger partial charge on any atom is -0.444 e. The van der Waals surface area contributed by atoms with Crippen LogP contribution in [0.3, 0.4) is 0 Å². The molecule has 3 atom stereocenters. The number of anilines is 1. The second kappa shape index (κ2) is 6.19. The van der Waals surface area contributed by atoms with Crippen LogP contribution in [-0.2, 0) is 4.74 Å². The van der Waals surface area contributed by atoms with Crippen molar-refractivity contribution >= 4 is 23.4 Å². The Labute approximate surface area is 142 Å². The van der Waals surface area contributed by atoms with Gasteiger partial charge in [-0.1, -0.05) is 11.6 Å². The third-order valence-corrected chi connectivity index (χ3v) is 4.72. The Morgan fingerprint density at radius 1 is 1.30 bits per heavy atom. The molecule has 1 aliphatic heterocycles. The predicted molar refractivity (Wildman–Crippen MR) is 90.7 cm³/mol. The summed E-state index contributed by atoms with van der Waals surface area (Å²) in [6.45, 7) is 7.32. The number of nitrogens with zero attached hydrogens (tertiary/aromatic N) is 2. The topological polar surface area (TPSA) is 54.5 Å². The van der Waals surface area contributed by atoms with Crippen LogP contribution >= 0.6 is 11.6 Å². The third kappa shape index (κ3) is 4.08. The van der Waals surface area contributed by atoms with Crippen LogP contribution < -0.4 is 5.32 Å². The standard InChI is InChI=1S/C17H24ClN3O2/c1-17(2,3)23-16(22)21-9-11-6-14(7-12(11)10-21)20-13-4-5-15(18)19-8-13/h4-5,8,11-12,14,20H,6-7,9-10H2,1-3H3/t11-,12?,14?/m1/s1. The van der Waals surface area contributed by atoms with Crippen LogP contribution in [0.5, 0.6) is 0 Å². The lowest BCUT2D eigenvalue weighted by Crippen LogP contribution is -2.36. The van der Waals surface area contributed by atoms with E-state index in [4.69, 9.17) is 16.3 Å². The highest BCUT2D eigenvalue weighted by Gasteiger charge is 2.43. The SMILES string of the molecule is CC(C)(C)OC(=O)N1CC2CC(Nc3ccc(Cl)nc3)C[C@@H]2C1. The quantitative estimate of drug-likeness (QED) is 0.834. The zero-order chi connectivity index (χ0) is 16.6. The van der Waals surface area contributed by atoms with Crippen molar-refractivity contribution in [2.45, 2.75) is 45.3 Å². The number of carbonyl (C=O) groups excluding carboxylic acids is 1. The zero-order valence-corrected chi connectivity index (χ0v) is 14.6. The van der Waals surface area contributed by atoms with Crippen molar-refractivity contribution in [3.8, 4) is 0 Å². The molecule has 0 bridgehead atoms. The monoisotopic (exact) mass is 337 g/mol. The molecule has 2 unspecified atom stereocenters. The van der Waals surface area contributed by atoms with Crippen molar-refractivity contribution in [1.29, 1.82) is 0 Å². The van der Waals surface area contributed by atoms with Gasteiger partial charge in [-0.2, -0.15) is 0 Å². The number of rotatable bonds is 2. The predicted octanol–water partition coefficient (Wildman–Crippen LogP) is 3.79. The van der Waals surface area contributed by atoms with E-state index in [0.29, 0.717) is 23.0 Å². The molecule has 6 heteroatoms. The summed E-state index contributed by atoms with van der Waals surface area (Å²) in [4.78, 5) is 18.1. The Kier molecular flexibility index (Phi) is 4.41. The van der Waals surface area contributed by atoms with Gasteiger partial charge in [-0.25, -0.2) is 9.78 Å². The molecule has 1 saturated carbocycles. The van der Waals surface area contributed by atoms with Crippen LogP contribution in [0.2, 0.25) is 5.15 Å². The molecular formula is C17H24ClN3O2. The van der Waals surface area contributed by atoms with E-state index in [1.807, 2.05) is 31.7 Å². The van der Waals surface area contributed by atoms with Gasteiger partial charge in [0.25, 0.3) is 0 Å². The Morgan fingerprint density at radius 3 is 2.48 bits per heavy atom. The van der Waals surface area contributed by atoms with Crippen molar-refractivity contribution in [1.82, 2.24) is 9.88 Å². The van der Waals surface area contributed by atoms with E-state index in [0.717, 1.165) is 31.6 Å². The average Bonchev–Trinajstić information content (AvgIpc) is 2.97. The van der Waals surface area contributed by atoms with Gasteiger partial charge in [-0.05, 0) is 57.6 Å². The van der Waals surface area contributed by atoms with Gasteiger partial charge in [0.05, 0.1) is 11.9 Å². The Morgan fingerprint density at radius 2 is 1.96 bits per heavy atom. The summed E-state index contributed by atoms with van der Waals surface area (Å²) in [6, 6.07) is 4.19. The summed E-state index contributed by atoms with van der Waals surface area (Å²) < 4.78 is 5.47. The van der Waals surface area contributed by atoms with Crippen LogP contribution in [0, 0.1) is 11.8 Å². The molecule has 2 heterocycles. The summed E-state index contributed by atoms with van der Waals surface area (Å²) in [6.07, 6.45) is 3.74. The van der Waals surface area contributed by atoms with Crippen molar-refractivity contribution < 1.29 is 9.53 Å². The summed E-state index contributed by atoms with van der Waals surface area (Å²) in [5, 5.41) is 4.03. The molecule has 126 valence electrons. The largest absolute Gasteiger partial charge is 0.444 e. The van der Waals surface area contributed by atoms with E-state index in [1.165, 1.54) is 0 Å². The summed E-state index contributed by atoms with van der Waals surface area (Å²) in [5.41, 5.74) is 0.573. The number of nitrogens with one attached hydrogen (secondary N) is 1. The Bertz CT molecular complexity index is 556. The number of halogens is 1. The molecule has 2 aliphatic rings. The van der Waals surface area contributed by atoms with Gasteiger partial charge in [0, 0.05) is 19.1 Å². The maximum atomic E-state index is 12.2. The smallest absolute Gasteiger partial charge is 0.410 e. The van der Waals surface area contributed by atoms with Gasteiger partial charge in [0.1, 0.15) is 10.8 Å². The Balaban J connectivity index is 1.51. The highest BCUT2D eigenvalue weighted by Crippen LogP contribution is 2.39. The molecule has 1 amide bonds. The molecule has 1 aromatic rings. The summed E-state index contributed by atoms with van der Waals surface area (Å²) in [5.74, 6) is 1.11. The van der Waals surface area contributed by atoms with Gasteiger partial charge < -0.3 is 15.0 Å². The van der Waals surface area contributed by atoms with E-state index in [1.54, 1.807) is 12.3 Å². The highest BCUT2D eigenvalue weighted by atomic mass is 35.5. The highest BCUT2D eigenvalue weighted by molar-refractivity contribution is 6.29. The molecule has 2 fully saturated rings. The van der Waals surface area contributed by atoms with Crippen LogP contribution in [0.15, 0.2) is 18.3 Å². The van der Waals surface area contributed by atoms with Crippen LogP contribution in [0.4, 0.5) is 10.5 Å². The van der Waals surface area contributed by atoms with E-state index in [2.05, 4.69) is 10.3 Å². The number of hydrogen-bond donors (Lipinski definition) is 1. The zero-order valence-electron chi connectivity index (χ0n) is 13.9. The van der Waals surface area contributed by atoms with Gasteiger partial charge >= 0.3 is 6.09 Å². The fraction of sp³-hybridized carbons (Fsp3) is 0.647. The number of pyridine rings is 1. The molecule has 1 N–H and O–H groups in total. The maximum absolute atomic E-state index is 12.2. The molecule has 0 aromatic carbocycles. The van der Waals surface area contributed by atoms with Crippen LogP contribution in [0.1, 0.15) is 33.6 Å². The summed E-state index contributed by atoms with van der Waals surface area (Å²) in [7, 11) is 0. The molecule has 23 heavy (non-hydrogen) atoms.